The van der Waals surface area contributed by atoms with Crippen LogP contribution in [0.25, 0.3) is 6.08 Å². The van der Waals surface area contributed by atoms with Crippen LogP contribution in [0.3, 0.4) is 0 Å². The summed E-state index contributed by atoms with van der Waals surface area (Å²) in [6.07, 6.45) is 3.25. The topological polar surface area (TPSA) is 47.6 Å². The Labute approximate surface area is 150 Å². The molecule has 1 amide bonds. The molecule has 24 heavy (non-hydrogen) atoms. The molecule has 0 bridgehead atoms. The molecule has 2 rings (SSSR count). The number of hydrogen-bond donors (Lipinski definition) is 1. The van der Waals surface area contributed by atoms with Crippen molar-refractivity contribution in [3.05, 3.63) is 64.1 Å². The van der Waals surface area contributed by atoms with Crippen LogP contribution in [-0.4, -0.2) is 20.1 Å². The number of nitrogens with one attached hydrogen (secondary N) is 1. The predicted molar refractivity (Wildman–Crippen MR) is 99.3 cm³/mol. The molecule has 0 saturated carbocycles. The van der Waals surface area contributed by atoms with Crippen molar-refractivity contribution in [1.29, 1.82) is 0 Å². The van der Waals surface area contributed by atoms with Crippen LogP contribution in [0.5, 0.6) is 11.5 Å². The van der Waals surface area contributed by atoms with E-state index < -0.39 is 0 Å². The van der Waals surface area contributed by atoms with Gasteiger partial charge in [0.15, 0.2) is 0 Å². The van der Waals surface area contributed by atoms with Gasteiger partial charge in [0.1, 0.15) is 11.5 Å². The Morgan fingerprint density at radius 2 is 1.83 bits per heavy atom. The number of ether oxygens (including phenoxy) is 2. The van der Waals surface area contributed by atoms with Gasteiger partial charge in [-0.15, -0.1) is 0 Å². The van der Waals surface area contributed by atoms with Crippen LogP contribution < -0.4 is 14.8 Å². The molecule has 0 aliphatic rings. The number of carbonyl (C=O) groups excluding carboxylic acids is 1. The molecule has 0 aliphatic heterocycles. The molecule has 5 heteroatoms. The van der Waals surface area contributed by atoms with E-state index in [9.17, 15) is 4.79 Å². The summed E-state index contributed by atoms with van der Waals surface area (Å²) in [5.74, 6) is 1.32. The summed E-state index contributed by atoms with van der Waals surface area (Å²) >= 11 is 3.45. The van der Waals surface area contributed by atoms with E-state index in [1.165, 1.54) is 6.08 Å². The van der Waals surface area contributed by atoms with Crippen LogP contribution in [0, 0.1) is 0 Å². The fourth-order valence-corrected chi connectivity index (χ4v) is 2.82. The van der Waals surface area contributed by atoms with Gasteiger partial charge in [0.05, 0.1) is 24.7 Å². The highest BCUT2D eigenvalue weighted by molar-refractivity contribution is 9.10. The highest BCUT2D eigenvalue weighted by Crippen LogP contribution is 2.28. The lowest BCUT2D eigenvalue weighted by Crippen LogP contribution is -2.24. The minimum absolute atomic E-state index is 0.123. The van der Waals surface area contributed by atoms with Crippen LogP contribution in [0.15, 0.2) is 53.0 Å². The largest absolute Gasteiger partial charge is 0.496 e. The second-order valence-electron chi connectivity index (χ2n) is 5.20. The third-order valence-corrected chi connectivity index (χ3v) is 4.21. The van der Waals surface area contributed by atoms with Crippen molar-refractivity contribution < 1.29 is 14.3 Å². The number of rotatable bonds is 6. The molecule has 126 valence electrons. The lowest BCUT2D eigenvalue weighted by atomic mass is 10.1. The van der Waals surface area contributed by atoms with Gasteiger partial charge in [-0.25, -0.2) is 0 Å². The minimum Gasteiger partial charge on any atom is -0.496 e. The van der Waals surface area contributed by atoms with Gasteiger partial charge in [0.2, 0.25) is 5.91 Å². The zero-order chi connectivity index (χ0) is 17.5. The average Bonchev–Trinajstić information content (AvgIpc) is 2.60. The van der Waals surface area contributed by atoms with Gasteiger partial charge < -0.3 is 14.8 Å². The molecule has 0 radical (unpaired) electrons. The lowest BCUT2D eigenvalue weighted by molar-refractivity contribution is -0.117. The molecule has 1 atom stereocenters. The Bertz CT molecular complexity index is 743. The minimum atomic E-state index is -0.166. The molecule has 0 spiro atoms. The SMILES string of the molecule is COc1ccc([C@@H](C)NC(=O)/C=C/c2ccccc2OC)cc1Br. The standard InChI is InChI=1S/C19H20BrNO3/c1-13(15-8-10-18(24-3)16(20)12-15)21-19(22)11-9-14-6-4-5-7-17(14)23-2/h4-13H,1-3H3,(H,21,22)/b11-9+/t13-/m1/s1. The molecule has 1 N–H and O–H groups in total. The maximum absolute atomic E-state index is 12.1. The Kier molecular flexibility index (Phi) is 6.44. The van der Waals surface area contributed by atoms with E-state index in [2.05, 4.69) is 21.2 Å². The number of halogens is 1. The number of hydrogen-bond acceptors (Lipinski definition) is 3. The highest BCUT2D eigenvalue weighted by Gasteiger charge is 2.10. The highest BCUT2D eigenvalue weighted by atomic mass is 79.9. The van der Waals surface area contributed by atoms with Crippen molar-refractivity contribution in [2.75, 3.05) is 14.2 Å². The number of amides is 1. The van der Waals surface area contributed by atoms with Gasteiger partial charge in [-0.1, -0.05) is 24.3 Å². The van der Waals surface area contributed by atoms with E-state index in [1.54, 1.807) is 20.3 Å². The summed E-state index contributed by atoms with van der Waals surface area (Å²) in [6.45, 7) is 1.93. The second kappa shape index (κ2) is 8.55. The van der Waals surface area contributed by atoms with Crippen molar-refractivity contribution in [1.82, 2.24) is 5.32 Å². The van der Waals surface area contributed by atoms with E-state index in [4.69, 9.17) is 9.47 Å². The Balaban J connectivity index is 2.03. The molecular formula is C19H20BrNO3. The van der Waals surface area contributed by atoms with Crippen molar-refractivity contribution in [3.63, 3.8) is 0 Å². The van der Waals surface area contributed by atoms with Gasteiger partial charge in [-0.05, 0) is 52.7 Å². The van der Waals surface area contributed by atoms with Gasteiger partial charge >= 0.3 is 0 Å². The quantitative estimate of drug-likeness (QED) is 0.746. The first-order valence-corrected chi connectivity index (χ1v) is 8.29. The summed E-state index contributed by atoms with van der Waals surface area (Å²) in [5, 5.41) is 2.94. The van der Waals surface area contributed by atoms with Crippen molar-refractivity contribution in [2.45, 2.75) is 13.0 Å². The van der Waals surface area contributed by atoms with E-state index in [0.717, 1.165) is 27.1 Å². The number of methoxy groups -OCH3 is 2. The van der Waals surface area contributed by atoms with Crippen LogP contribution in [0.2, 0.25) is 0 Å². The number of benzene rings is 2. The van der Waals surface area contributed by atoms with Gasteiger partial charge in [0, 0.05) is 11.6 Å². The zero-order valence-corrected chi connectivity index (χ0v) is 15.5. The fourth-order valence-electron chi connectivity index (χ4n) is 2.27. The fraction of sp³-hybridized carbons (Fsp3) is 0.211. The molecule has 0 saturated heterocycles. The van der Waals surface area contributed by atoms with Crippen molar-refractivity contribution >= 4 is 27.9 Å². The third kappa shape index (κ3) is 4.61. The smallest absolute Gasteiger partial charge is 0.244 e. The van der Waals surface area contributed by atoms with E-state index in [-0.39, 0.29) is 11.9 Å². The van der Waals surface area contributed by atoms with Crippen molar-refractivity contribution in [3.8, 4) is 11.5 Å². The first kappa shape index (κ1) is 18.1. The molecule has 2 aromatic rings. The monoisotopic (exact) mass is 389 g/mol. The number of para-hydroxylation sites is 1. The Morgan fingerprint density at radius 3 is 2.50 bits per heavy atom. The molecule has 4 nitrogen and oxygen atoms in total. The van der Waals surface area contributed by atoms with E-state index in [1.807, 2.05) is 49.4 Å². The number of carbonyl (C=O) groups is 1. The van der Waals surface area contributed by atoms with Crippen LogP contribution in [0.4, 0.5) is 0 Å². The summed E-state index contributed by atoms with van der Waals surface area (Å²) < 4.78 is 11.3. The van der Waals surface area contributed by atoms with Crippen LogP contribution in [-0.2, 0) is 4.79 Å². The Morgan fingerprint density at radius 1 is 1.12 bits per heavy atom. The molecule has 0 aromatic heterocycles. The van der Waals surface area contributed by atoms with E-state index >= 15 is 0 Å². The first-order chi connectivity index (χ1) is 11.5. The van der Waals surface area contributed by atoms with Crippen LogP contribution >= 0.6 is 15.9 Å². The predicted octanol–water partition coefficient (Wildman–Crippen LogP) is 4.36. The molecule has 0 aliphatic carbocycles. The molecule has 0 heterocycles. The first-order valence-electron chi connectivity index (χ1n) is 7.50. The van der Waals surface area contributed by atoms with Gasteiger partial charge in [-0.3, -0.25) is 4.79 Å². The summed E-state index contributed by atoms with van der Waals surface area (Å²) in [4.78, 5) is 12.1. The van der Waals surface area contributed by atoms with E-state index in [0.29, 0.717) is 0 Å². The Hall–Kier alpha value is -2.27. The third-order valence-electron chi connectivity index (χ3n) is 3.59. The maximum Gasteiger partial charge on any atom is 0.244 e. The molecule has 0 fully saturated rings. The summed E-state index contributed by atoms with van der Waals surface area (Å²) in [5.41, 5.74) is 1.84. The second-order valence-corrected chi connectivity index (χ2v) is 6.05. The molecular weight excluding hydrogens is 370 g/mol. The summed E-state index contributed by atoms with van der Waals surface area (Å²) in [6, 6.07) is 13.2. The molecule has 2 aromatic carbocycles. The normalized spacial score (nSPS) is 12.0. The zero-order valence-electron chi connectivity index (χ0n) is 13.9. The van der Waals surface area contributed by atoms with Gasteiger partial charge in [0.25, 0.3) is 0 Å². The lowest BCUT2D eigenvalue weighted by Gasteiger charge is -2.14. The maximum atomic E-state index is 12.1. The summed E-state index contributed by atoms with van der Waals surface area (Å²) in [7, 11) is 3.23. The molecule has 0 unspecified atom stereocenters. The van der Waals surface area contributed by atoms with Crippen LogP contribution in [0.1, 0.15) is 24.1 Å². The van der Waals surface area contributed by atoms with Gasteiger partial charge in [-0.2, -0.15) is 0 Å². The van der Waals surface area contributed by atoms with Crippen molar-refractivity contribution in [2.24, 2.45) is 0 Å². The average molecular weight is 390 g/mol.